The molecular formula is C18H24N4O. The summed E-state index contributed by atoms with van der Waals surface area (Å²) in [6.45, 7) is 10.2. The van der Waals surface area contributed by atoms with E-state index in [0.717, 1.165) is 30.1 Å². The van der Waals surface area contributed by atoms with E-state index in [2.05, 4.69) is 28.0 Å². The lowest BCUT2D eigenvalue weighted by molar-refractivity contribution is -0.124. The summed E-state index contributed by atoms with van der Waals surface area (Å²) in [5.74, 6) is 2.32. The molecule has 3 heterocycles. The molecular weight excluding hydrogens is 288 g/mol. The van der Waals surface area contributed by atoms with Crippen LogP contribution in [0.15, 0.2) is 18.3 Å². The summed E-state index contributed by atoms with van der Waals surface area (Å²) in [7, 11) is 0. The lowest BCUT2D eigenvalue weighted by Crippen LogP contribution is -2.44. The fourth-order valence-electron chi connectivity index (χ4n) is 4.21. The highest BCUT2D eigenvalue weighted by atomic mass is 16.2. The van der Waals surface area contributed by atoms with Crippen LogP contribution in [-0.4, -0.2) is 28.4 Å². The third kappa shape index (κ3) is 2.17. The van der Waals surface area contributed by atoms with E-state index < -0.39 is 5.54 Å². The fourth-order valence-corrected chi connectivity index (χ4v) is 4.21. The van der Waals surface area contributed by atoms with Crippen molar-refractivity contribution in [2.24, 2.45) is 17.8 Å². The van der Waals surface area contributed by atoms with Crippen molar-refractivity contribution < 1.29 is 4.79 Å². The van der Waals surface area contributed by atoms with Crippen molar-refractivity contribution >= 4 is 11.4 Å². The van der Waals surface area contributed by atoms with Crippen LogP contribution in [0, 0.1) is 31.6 Å². The number of pyridine rings is 1. The van der Waals surface area contributed by atoms with Gasteiger partial charge in [-0.25, -0.2) is 4.98 Å². The van der Waals surface area contributed by atoms with E-state index >= 15 is 0 Å². The minimum Gasteiger partial charge on any atom is -0.344 e. The predicted molar refractivity (Wildman–Crippen MR) is 89.2 cm³/mol. The number of amides is 1. The number of hydrogen-bond acceptors (Lipinski definition) is 3. The molecule has 0 radical (unpaired) electrons. The van der Waals surface area contributed by atoms with Crippen molar-refractivity contribution in [1.29, 1.82) is 0 Å². The van der Waals surface area contributed by atoms with Crippen molar-refractivity contribution in [3.05, 3.63) is 35.4 Å². The number of piperidine rings is 1. The standard InChI is InChI=1S/C18H24N4O/c1-10-6-5-7-22-15(10)11(2)20-17(22)18(3,4)21-16(23)14-12-8-19-9-13(12)14/h5-7,12-14,19H,8-9H2,1-4H3,(H,21,23)/t12-,13+,14?. The molecule has 122 valence electrons. The molecule has 2 aromatic heterocycles. The van der Waals surface area contributed by atoms with E-state index in [4.69, 9.17) is 4.98 Å². The molecule has 3 atom stereocenters. The molecule has 1 aliphatic heterocycles. The molecule has 0 spiro atoms. The summed E-state index contributed by atoms with van der Waals surface area (Å²) < 4.78 is 2.11. The number of carbonyl (C=O) groups is 1. The van der Waals surface area contributed by atoms with Crippen molar-refractivity contribution in [2.45, 2.75) is 33.2 Å². The molecule has 2 N–H and O–H groups in total. The van der Waals surface area contributed by atoms with Crippen molar-refractivity contribution in [1.82, 2.24) is 20.0 Å². The van der Waals surface area contributed by atoms with Gasteiger partial charge in [-0.2, -0.15) is 0 Å². The zero-order chi connectivity index (χ0) is 16.4. The van der Waals surface area contributed by atoms with Gasteiger partial charge in [0.1, 0.15) is 5.82 Å². The maximum Gasteiger partial charge on any atom is 0.224 e. The predicted octanol–water partition coefficient (Wildman–Crippen LogP) is 1.77. The summed E-state index contributed by atoms with van der Waals surface area (Å²) in [5.41, 5.74) is 2.85. The Kier molecular flexibility index (Phi) is 3.07. The van der Waals surface area contributed by atoms with Gasteiger partial charge in [0, 0.05) is 12.1 Å². The molecule has 2 aliphatic rings. The Balaban J connectivity index is 1.64. The van der Waals surface area contributed by atoms with E-state index in [0.29, 0.717) is 11.8 Å². The van der Waals surface area contributed by atoms with Crippen molar-refractivity contribution in [2.75, 3.05) is 13.1 Å². The Morgan fingerprint density at radius 1 is 1.35 bits per heavy atom. The molecule has 1 amide bonds. The summed E-state index contributed by atoms with van der Waals surface area (Å²) in [6.07, 6.45) is 2.03. The van der Waals surface area contributed by atoms with Gasteiger partial charge in [-0.05, 0) is 64.3 Å². The number of nitrogens with zero attached hydrogens (tertiary/aromatic N) is 2. The smallest absolute Gasteiger partial charge is 0.224 e. The molecule has 0 aromatic carbocycles. The monoisotopic (exact) mass is 312 g/mol. The number of fused-ring (bicyclic) bond motifs is 2. The van der Waals surface area contributed by atoms with Crippen LogP contribution in [0.3, 0.4) is 0 Å². The third-order valence-electron chi connectivity index (χ3n) is 5.43. The van der Waals surface area contributed by atoms with E-state index in [1.54, 1.807) is 0 Å². The van der Waals surface area contributed by atoms with Gasteiger partial charge in [0.05, 0.1) is 16.7 Å². The van der Waals surface area contributed by atoms with Crippen LogP contribution in [0.1, 0.15) is 30.9 Å². The molecule has 23 heavy (non-hydrogen) atoms. The summed E-state index contributed by atoms with van der Waals surface area (Å²) >= 11 is 0. The van der Waals surface area contributed by atoms with Gasteiger partial charge >= 0.3 is 0 Å². The van der Waals surface area contributed by atoms with E-state index in [-0.39, 0.29) is 11.8 Å². The topological polar surface area (TPSA) is 58.4 Å². The fraction of sp³-hybridized carbons (Fsp3) is 0.556. The van der Waals surface area contributed by atoms with Crippen LogP contribution in [0.5, 0.6) is 0 Å². The first-order valence-corrected chi connectivity index (χ1v) is 8.37. The highest BCUT2D eigenvalue weighted by molar-refractivity contribution is 5.83. The molecule has 1 aliphatic carbocycles. The van der Waals surface area contributed by atoms with Crippen LogP contribution in [-0.2, 0) is 10.3 Å². The van der Waals surface area contributed by atoms with Crippen LogP contribution in [0.4, 0.5) is 0 Å². The number of carbonyl (C=O) groups excluding carboxylic acids is 1. The minimum absolute atomic E-state index is 0.175. The SMILES string of the molecule is Cc1cccn2c(C(C)(C)NC(=O)C3[C@H]4CNC[C@@H]34)nc(C)c12. The van der Waals surface area contributed by atoms with Crippen molar-refractivity contribution in [3.63, 3.8) is 0 Å². The van der Waals surface area contributed by atoms with E-state index in [1.165, 1.54) is 5.56 Å². The van der Waals surface area contributed by atoms with Crippen LogP contribution < -0.4 is 10.6 Å². The lowest BCUT2D eigenvalue weighted by atomic mass is 10.0. The van der Waals surface area contributed by atoms with Gasteiger partial charge in [0.25, 0.3) is 0 Å². The van der Waals surface area contributed by atoms with Crippen molar-refractivity contribution in [3.8, 4) is 0 Å². The Labute approximate surface area is 136 Å². The maximum atomic E-state index is 12.6. The first-order valence-electron chi connectivity index (χ1n) is 8.37. The molecule has 4 rings (SSSR count). The Hall–Kier alpha value is -1.88. The number of hydrogen-bond donors (Lipinski definition) is 2. The van der Waals surface area contributed by atoms with Gasteiger partial charge in [0.15, 0.2) is 0 Å². The molecule has 5 heteroatoms. The van der Waals surface area contributed by atoms with Crippen LogP contribution in [0.25, 0.3) is 5.52 Å². The molecule has 2 fully saturated rings. The first-order chi connectivity index (χ1) is 10.9. The zero-order valence-corrected chi connectivity index (χ0v) is 14.2. The second-order valence-electron chi connectivity index (χ2n) is 7.56. The van der Waals surface area contributed by atoms with Gasteiger partial charge < -0.3 is 15.0 Å². The van der Waals surface area contributed by atoms with E-state index in [9.17, 15) is 4.79 Å². The lowest BCUT2D eigenvalue weighted by Gasteiger charge is -2.26. The Bertz CT molecular complexity index is 782. The quantitative estimate of drug-likeness (QED) is 0.908. The summed E-state index contributed by atoms with van der Waals surface area (Å²) in [5, 5.41) is 6.58. The number of aromatic nitrogens is 2. The highest BCUT2D eigenvalue weighted by Gasteiger charge is 2.57. The number of nitrogens with one attached hydrogen (secondary N) is 2. The Morgan fingerprint density at radius 2 is 2.04 bits per heavy atom. The molecule has 1 saturated carbocycles. The Morgan fingerprint density at radius 3 is 2.74 bits per heavy atom. The van der Waals surface area contributed by atoms with Gasteiger partial charge in [-0.15, -0.1) is 0 Å². The number of rotatable bonds is 3. The molecule has 2 aromatic rings. The largest absolute Gasteiger partial charge is 0.344 e. The molecule has 5 nitrogen and oxygen atoms in total. The zero-order valence-electron chi connectivity index (χ0n) is 14.2. The maximum absolute atomic E-state index is 12.6. The van der Waals surface area contributed by atoms with Crippen LogP contribution in [0.2, 0.25) is 0 Å². The van der Waals surface area contributed by atoms with Gasteiger partial charge in [0.2, 0.25) is 5.91 Å². The van der Waals surface area contributed by atoms with Gasteiger partial charge in [-0.3, -0.25) is 4.79 Å². The molecule has 1 unspecified atom stereocenters. The summed E-state index contributed by atoms with van der Waals surface area (Å²) in [6, 6.07) is 4.12. The van der Waals surface area contributed by atoms with Gasteiger partial charge in [-0.1, -0.05) is 6.07 Å². The average Bonchev–Trinajstić information content (AvgIpc) is 2.81. The van der Waals surface area contributed by atoms with E-state index in [1.807, 2.05) is 33.0 Å². The summed E-state index contributed by atoms with van der Waals surface area (Å²) in [4.78, 5) is 17.4. The average molecular weight is 312 g/mol. The normalized spacial score (nSPS) is 26.3. The molecule has 1 saturated heterocycles. The van der Waals surface area contributed by atoms with Crippen LogP contribution >= 0.6 is 0 Å². The molecule has 0 bridgehead atoms. The second-order valence-corrected chi connectivity index (χ2v) is 7.56. The first kappa shape index (κ1) is 14.7. The minimum atomic E-state index is -0.494. The number of aryl methyl sites for hydroxylation is 2. The number of imidazole rings is 1. The third-order valence-corrected chi connectivity index (χ3v) is 5.43. The second kappa shape index (κ2) is 4.81. The highest BCUT2D eigenvalue weighted by Crippen LogP contribution is 2.49.